The van der Waals surface area contributed by atoms with Crippen LogP contribution in [0.4, 0.5) is 0 Å². The largest absolute Gasteiger partial charge is 0.496 e. The predicted molar refractivity (Wildman–Crippen MR) is 105 cm³/mol. The van der Waals surface area contributed by atoms with E-state index in [9.17, 15) is 9.59 Å². The highest BCUT2D eigenvalue weighted by molar-refractivity contribution is 7.17. The first kappa shape index (κ1) is 18.5. The second kappa shape index (κ2) is 7.63. The summed E-state index contributed by atoms with van der Waals surface area (Å²) < 4.78 is 17.6. The van der Waals surface area contributed by atoms with Gasteiger partial charge < -0.3 is 14.2 Å². The van der Waals surface area contributed by atoms with Gasteiger partial charge >= 0.3 is 5.97 Å². The number of carbonyl (C=O) groups excluding carboxylic acids is 1. The van der Waals surface area contributed by atoms with Crippen LogP contribution in [0, 0.1) is 0 Å². The van der Waals surface area contributed by atoms with Crippen LogP contribution < -0.4 is 15.0 Å². The number of aryl methyl sites for hydroxylation is 2. The van der Waals surface area contributed by atoms with Crippen LogP contribution in [0.1, 0.15) is 39.5 Å². The van der Waals surface area contributed by atoms with Gasteiger partial charge in [0.2, 0.25) is 0 Å². The first-order chi connectivity index (χ1) is 13.6. The average molecular weight is 400 g/mol. The van der Waals surface area contributed by atoms with Crippen molar-refractivity contribution in [1.82, 2.24) is 9.38 Å². The van der Waals surface area contributed by atoms with E-state index in [-0.39, 0.29) is 17.7 Å². The number of esters is 1. The van der Waals surface area contributed by atoms with Crippen molar-refractivity contribution in [2.75, 3.05) is 14.2 Å². The van der Waals surface area contributed by atoms with E-state index >= 15 is 0 Å². The van der Waals surface area contributed by atoms with Crippen LogP contribution in [0.25, 0.3) is 4.96 Å². The van der Waals surface area contributed by atoms with E-state index in [1.54, 1.807) is 33.9 Å². The molecule has 0 aliphatic heterocycles. The Morgan fingerprint density at radius 3 is 2.61 bits per heavy atom. The molecule has 2 heterocycles. The Hall–Kier alpha value is -2.87. The number of rotatable bonds is 5. The quantitative estimate of drug-likeness (QED) is 0.613. The molecule has 28 heavy (non-hydrogen) atoms. The third kappa shape index (κ3) is 3.24. The number of ether oxygens (including phenoxy) is 3. The molecule has 0 fully saturated rings. The van der Waals surface area contributed by atoms with Crippen molar-refractivity contribution in [1.29, 1.82) is 0 Å². The van der Waals surface area contributed by atoms with Gasteiger partial charge in [-0.15, -0.1) is 11.3 Å². The van der Waals surface area contributed by atoms with Crippen molar-refractivity contribution in [3.63, 3.8) is 0 Å². The zero-order valence-electron chi connectivity index (χ0n) is 15.7. The number of nitrogens with zero attached hydrogens (tertiary/aromatic N) is 2. The second-order valence-corrected chi connectivity index (χ2v) is 7.56. The maximum Gasteiger partial charge on any atom is 0.346 e. The van der Waals surface area contributed by atoms with Crippen LogP contribution in [-0.4, -0.2) is 29.6 Å². The number of fused-ring (bicyclic) bond motifs is 3. The molecule has 1 aromatic carbocycles. The van der Waals surface area contributed by atoms with E-state index in [0.717, 1.165) is 31.4 Å². The highest BCUT2D eigenvalue weighted by atomic mass is 32.1. The molecule has 0 saturated heterocycles. The van der Waals surface area contributed by atoms with Gasteiger partial charge in [-0.25, -0.2) is 9.78 Å². The van der Waals surface area contributed by atoms with E-state index in [1.165, 1.54) is 25.2 Å². The first-order valence-electron chi connectivity index (χ1n) is 9.03. The fourth-order valence-corrected chi connectivity index (χ4v) is 4.71. The molecule has 0 saturated carbocycles. The number of carbonyl (C=O) groups is 1. The second-order valence-electron chi connectivity index (χ2n) is 6.50. The third-order valence-electron chi connectivity index (χ3n) is 4.80. The van der Waals surface area contributed by atoms with Crippen LogP contribution in [-0.2, 0) is 24.2 Å². The summed E-state index contributed by atoms with van der Waals surface area (Å²) >= 11 is 1.54. The molecule has 2 aromatic heterocycles. The van der Waals surface area contributed by atoms with Gasteiger partial charge in [0.05, 0.1) is 19.9 Å². The first-order valence-corrected chi connectivity index (χ1v) is 9.85. The Bertz CT molecular complexity index is 1080. The molecule has 0 spiro atoms. The van der Waals surface area contributed by atoms with Crippen molar-refractivity contribution in [3.8, 4) is 11.5 Å². The molecule has 0 amide bonds. The lowest BCUT2D eigenvalue weighted by Gasteiger charge is -2.12. The number of benzene rings is 1. The minimum Gasteiger partial charge on any atom is -0.496 e. The molecule has 1 aliphatic carbocycles. The highest BCUT2D eigenvalue weighted by Crippen LogP contribution is 2.30. The number of aromatic nitrogens is 2. The van der Waals surface area contributed by atoms with Gasteiger partial charge in [0.25, 0.3) is 5.56 Å². The molecule has 0 N–H and O–H groups in total. The Labute approximate surface area is 165 Å². The summed E-state index contributed by atoms with van der Waals surface area (Å²) in [6.45, 7) is -0.103. The topological polar surface area (TPSA) is 79.1 Å². The van der Waals surface area contributed by atoms with Crippen molar-refractivity contribution in [2.45, 2.75) is 32.3 Å². The minimum absolute atomic E-state index is 0.103. The Morgan fingerprint density at radius 1 is 1.18 bits per heavy atom. The van der Waals surface area contributed by atoms with Gasteiger partial charge in [0.15, 0.2) is 4.96 Å². The molecule has 0 unspecified atom stereocenters. The van der Waals surface area contributed by atoms with E-state index in [0.29, 0.717) is 22.2 Å². The SMILES string of the molecule is COc1cccc(OC)c1C(=O)OCc1cc(=O)n2c3c(sc2n1)CCCC3. The summed E-state index contributed by atoms with van der Waals surface area (Å²) in [4.78, 5) is 31.6. The normalized spacial score (nSPS) is 13.2. The molecule has 0 radical (unpaired) electrons. The van der Waals surface area contributed by atoms with Crippen molar-refractivity contribution < 1.29 is 19.0 Å². The number of thiazole rings is 1. The Morgan fingerprint density at radius 2 is 1.89 bits per heavy atom. The van der Waals surface area contributed by atoms with E-state index in [4.69, 9.17) is 14.2 Å². The Balaban J connectivity index is 1.60. The van der Waals surface area contributed by atoms with Gasteiger partial charge in [-0.2, -0.15) is 0 Å². The summed E-state index contributed by atoms with van der Waals surface area (Å²) in [6.07, 6.45) is 4.12. The van der Waals surface area contributed by atoms with E-state index < -0.39 is 5.97 Å². The molecular weight excluding hydrogens is 380 g/mol. The van der Waals surface area contributed by atoms with Gasteiger partial charge in [0, 0.05) is 16.6 Å². The van der Waals surface area contributed by atoms with Crippen molar-refractivity contribution in [3.05, 3.63) is 56.4 Å². The van der Waals surface area contributed by atoms with Crippen molar-refractivity contribution in [2.24, 2.45) is 0 Å². The lowest BCUT2D eigenvalue weighted by atomic mass is 10.0. The van der Waals surface area contributed by atoms with Crippen LogP contribution >= 0.6 is 11.3 Å². The monoisotopic (exact) mass is 400 g/mol. The highest BCUT2D eigenvalue weighted by Gasteiger charge is 2.21. The predicted octanol–water partition coefficient (Wildman–Crippen LogP) is 3.01. The van der Waals surface area contributed by atoms with Gasteiger partial charge in [-0.1, -0.05) is 6.07 Å². The lowest BCUT2D eigenvalue weighted by molar-refractivity contribution is 0.0460. The zero-order chi connectivity index (χ0) is 19.7. The summed E-state index contributed by atoms with van der Waals surface area (Å²) in [5.41, 5.74) is 1.57. The summed E-state index contributed by atoms with van der Waals surface area (Å²) in [6, 6.07) is 6.47. The van der Waals surface area contributed by atoms with Crippen LogP contribution in [0.15, 0.2) is 29.1 Å². The molecule has 7 nitrogen and oxygen atoms in total. The number of methoxy groups -OCH3 is 2. The van der Waals surface area contributed by atoms with E-state index in [1.807, 2.05) is 0 Å². The standard InChI is InChI=1S/C20H20N2O5S/c1-25-14-7-5-8-15(26-2)18(14)19(24)27-11-12-10-17(23)22-13-6-3-4-9-16(13)28-20(22)21-12/h5,7-8,10H,3-4,6,9,11H2,1-2H3. The van der Waals surface area contributed by atoms with E-state index in [2.05, 4.69) is 4.98 Å². The van der Waals surface area contributed by atoms with Gasteiger partial charge in [0.1, 0.15) is 23.7 Å². The Kier molecular flexibility index (Phi) is 5.04. The zero-order valence-corrected chi connectivity index (χ0v) is 16.5. The molecule has 0 bridgehead atoms. The maximum absolute atomic E-state index is 12.6. The number of hydrogen-bond donors (Lipinski definition) is 0. The minimum atomic E-state index is -0.596. The lowest BCUT2D eigenvalue weighted by Crippen LogP contribution is -2.18. The molecule has 1 aliphatic rings. The molecular formula is C20H20N2O5S. The molecule has 8 heteroatoms. The molecule has 0 atom stereocenters. The fourth-order valence-electron chi connectivity index (χ4n) is 3.48. The van der Waals surface area contributed by atoms with Gasteiger partial charge in [-0.05, 0) is 37.8 Å². The maximum atomic E-state index is 12.6. The van der Waals surface area contributed by atoms with Crippen LogP contribution in [0.2, 0.25) is 0 Å². The third-order valence-corrected chi connectivity index (χ3v) is 5.94. The molecule has 146 valence electrons. The molecule has 4 rings (SSSR count). The summed E-state index contributed by atoms with van der Waals surface area (Å²) in [7, 11) is 2.95. The summed E-state index contributed by atoms with van der Waals surface area (Å²) in [5, 5.41) is 0. The number of hydrogen-bond acceptors (Lipinski definition) is 7. The fraction of sp³-hybridized carbons (Fsp3) is 0.350. The van der Waals surface area contributed by atoms with Crippen molar-refractivity contribution >= 4 is 22.3 Å². The molecule has 3 aromatic rings. The summed E-state index contributed by atoms with van der Waals surface area (Å²) in [5.74, 6) is 0.124. The van der Waals surface area contributed by atoms with Crippen LogP contribution in [0.3, 0.4) is 0 Å². The smallest absolute Gasteiger partial charge is 0.346 e. The van der Waals surface area contributed by atoms with Gasteiger partial charge in [-0.3, -0.25) is 9.20 Å². The van der Waals surface area contributed by atoms with Crippen LogP contribution in [0.5, 0.6) is 11.5 Å². The average Bonchev–Trinajstić information content (AvgIpc) is 3.10.